The lowest BCUT2D eigenvalue weighted by Crippen LogP contribution is -2.39. The number of hydrogen-bond donors (Lipinski definition) is 1. The molecule has 0 aliphatic heterocycles. The average Bonchev–Trinajstić information content (AvgIpc) is 2.13. The smallest absolute Gasteiger partial charge is 0.225 e. The summed E-state index contributed by atoms with van der Waals surface area (Å²) in [4.78, 5) is 11.8. The predicted molar refractivity (Wildman–Crippen MR) is 72.5 cm³/mol. The van der Waals surface area contributed by atoms with E-state index in [0.29, 0.717) is 0 Å². The third-order valence-corrected chi connectivity index (χ3v) is 2.12. The van der Waals surface area contributed by atoms with E-state index in [2.05, 4.69) is 33.0 Å². The molecule has 98 valence electrons. The van der Waals surface area contributed by atoms with Crippen LogP contribution in [0.5, 0.6) is 0 Å². The SMILES string of the molecule is CC.CCCNC(=O)C(C)(C)CC(C)(C)C. The lowest BCUT2D eigenvalue weighted by Gasteiger charge is -2.31. The van der Waals surface area contributed by atoms with Gasteiger partial charge in [0.15, 0.2) is 0 Å². The molecule has 1 N–H and O–H groups in total. The fourth-order valence-corrected chi connectivity index (χ4v) is 1.88. The highest BCUT2D eigenvalue weighted by molar-refractivity contribution is 5.81. The van der Waals surface area contributed by atoms with Gasteiger partial charge >= 0.3 is 0 Å². The number of carbonyl (C=O) groups is 1. The van der Waals surface area contributed by atoms with Gasteiger partial charge in [-0.3, -0.25) is 4.79 Å². The molecular formula is C14H31NO. The van der Waals surface area contributed by atoms with Gasteiger partial charge in [-0.15, -0.1) is 0 Å². The zero-order valence-corrected chi connectivity index (χ0v) is 12.5. The number of rotatable bonds is 4. The zero-order valence-electron chi connectivity index (χ0n) is 12.5. The molecule has 16 heavy (non-hydrogen) atoms. The molecule has 0 spiro atoms. The molecule has 2 nitrogen and oxygen atoms in total. The van der Waals surface area contributed by atoms with Gasteiger partial charge in [-0.2, -0.15) is 0 Å². The minimum Gasteiger partial charge on any atom is -0.356 e. The summed E-state index contributed by atoms with van der Waals surface area (Å²) in [5.74, 6) is 0.175. The van der Waals surface area contributed by atoms with Crippen LogP contribution in [0.15, 0.2) is 0 Å². The Morgan fingerprint density at radius 3 is 1.81 bits per heavy atom. The van der Waals surface area contributed by atoms with Crippen molar-refractivity contribution in [2.75, 3.05) is 6.54 Å². The topological polar surface area (TPSA) is 29.1 Å². The molecule has 0 aromatic rings. The molecule has 0 fully saturated rings. The second kappa shape index (κ2) is 7.70. The summed E-state index contributed by atoms with van der Waals surface area (Å²) in [5.41, 5.74) is -0.0551. The second-order valence-electron chi connectivity index (χ2n) is 5.88. The predicted octanol–water partition coefficient (Wildman–Crippen LogP) is 4.00. The lowest BCUT2D eigenvalue weighted by atomic mass is 9.76. The molecular weight excluding hydrogens is 198 g/mol. The Hall–Kier alpha value is -0.530. The molecule has 0 aromatic carbocycles. The van der Waals surface area contributed by atoms with Gasteiger partial charge in [-0.05, 0) is 18.3 Å². The van der Waals surface area contributed by atoms with E-state index in [4.69, 9.17) is 0 Å². The molecule has 0 radical (unpaired) electrons. The Balaban J connectivity index is 0. The summed E-state index contributed by atoms with van der Waals surface area (Å²) in [5, 5.41) is 2.96. The minimum absolute atomic E-state index is 0.175. The molecule has 1 amide bonds. The summed E-state index contributed by atoms with van der Waals surface area (Å²) in [6, 6.07) is 0. The van der Waals surface area contributed by atoms with E-state index < -0.39 is 0 Å². The van der Waals surface area contributed by atoms with E-state index >= 15 is 0 Å². The first-order valence-corrected chi connectivity index (χ1v) is 6.47. The quantitative estimate of drug-likeness (QED) is 0.775. The van der Waals surface area contributed by atoms with Crippen LogP contribution >= 0.6 is 0 Å². The van der Waals surface area contributed by atoms with Gasteiger partial charge in [0.2, 0.25) is 5.91 Å². The number of carbonyl (C=O) groups excluding carboxylic acids is 1. The summed E-state index contributed by atoms with van der Waals surface area (Å²) in [6.45, 7) is 17.4. The lowest BCUT2D eigenvalue weighted by molar-refractivity contribution is -0.130. The molecule has 0 saturated heterocycles. The molecule has 0 saturated carbocycles. The van der Waals surface area contributed by atoms with Crippen molar-refractivity contribution in [3.63, 3.8) is 0 Å². The van der Waals surface area contributed by atoms with Crippen molar-refractivity contribution < 1.29 is 4.79 Å². The Kier molecular flexibility index (Phi) is 8.59. The van der Waals surface area contributed by atoms with Crippen LogP contribution in [0.2, 0.25) is 0 Å². The maximum atomic E-state index is 11.8. The molecule has 2 heteroatoms. The van der Waals surface area contributed by atoms with E-state index in [1.807, 2.05) is 27.7 Å². The molecule has 0 unspecified atom stereocenters. The highest BCUT2D eigenvalue weighted by Crippen LogP contribution is 2.33. The molecule has 0 bridgehead atoms. The van der Waals surface area contributed by atoms with E-state index in [1.54, 1.807) is 0 Å². The maximum Gasteiger partial charge on any atom is 0.225 e. The largest absolute Gasteiger partial charge is 0.356 e. The third-order valence-electron chi connectivity index (χ3n) is 2.12. The van der Waals surface area contributed by atoms with E-state index in [1.165, 1.54) is 0 Å². The van der Waals surface area contributed by atoms with E-state index in [9.17, 15) is 4.79 Å². The van der Waals surface area contributed by atoms with Crippen LogP contribution in [-0.2, 0) is 4.79 Å². The van der Waals surface area contributed by atoms with Crippen molar-refractivity contribution in [2.45, 2.75) is 68.2 Å². The summed E-state index contributed by atoms with van der Waals surface area (Å²) in [7, 11) is 0. The van der Waals surface area contributed by atoms with E-state index in [0.717, 1.165) is 19.4 Å². The van der Waals surface area contributed by atoms with Crippen molar-refractivity contribution in [1.29, 1.82) is 0 Å². The molecule has 0 aliphatic rings. The minimum atomic E-state index is -0.257. The van der Waals surface area contributed by atoms with Crippen molar-refractivity contribution in [3.8, 4) is 0 Å². The standard InChI is InChI=1S/C12H25NO.C2H6/c1-7-8-13-10(14)12(5,6)9-11(2,3)4;1-2/h7-9H2,1-6H3,(H,13,14);1-2H3. The van der Waals surface area contributed by atoms with Crippen LogP contribution in [0.3, 0.4) is 0 Å². The number of hydrogen-bond acceptors (Lipinski definition) is 1. The van der Waals surface area contributed by atoms with Crippen molar-refractivity contribution in [1.82, 2.24) is 5.32 Å². The Morgan fingerprint density at radius 2 is 1.50 bits per heavy atom. The maximum absolute atomic E-state index is 11.8. The van der Waals surface area contributed by atoms with Gasteiger partial charge < -0.3 is 5.32 Å². The number of nitrogens with one attached hydrogen (secondary N) is 1. The molecule has 0 rings (SSSR count). The highest BCUT2D eigenvalue weighted by Gasteiger charge is 2.31. The number of amides is 1. The Bertz CT molecular complexity index is 189. The average molecular weight is 229 g/mol. The fourth-order valence-electron chi connectivity index (χ4n) is 1.88. The van der Waals surface area contributed by atoms with Crippen molar-refractivity contribution in [2.24, 2.45) is 10.8 Å². The van der Waals surface area contributed by atoms with E-state index in [-0.39, 0.29) is 16.7 Å². The van der Waals surface area contributed by atoms with Gasteiger partial charge in [-0.1, -0.05) is 55.4 Å². The van der Waals surface area contributed by atoms with Gasteiger partial charge in [0.25, 0.3) is 0 Å². The summed E-state index contributed by atoms with van der Waals surface area (Å²) < 4.78 is 0. The third kappa shape index (κ3) is 8.75. The van der Waals surface area contributed by atoms with Crippen LogP contribution in [-0.4, -0.2) is 12.5 Å². The van der Waals surface area contributed by atoms with Crippen LogP contribution in [0, 0.1) is 10.8 Å². The summed E-state index contributed by atoms with van der Waals surface area (Å²) in [6.07, 6.45) is 1.91. The normalized spacial score (nSPS) is 11.5. The molecule has 0 aromatic heterocycles. The monoisotopic (exact) mass is 229 g/mol. The van der Waals surface area contributed by atoms with Gasteiger partial charge in [0.05, 0.1) is 0 Å². The molecule has 0 heterocycles. The fraction of sp³-hybridized carbons (Fsp3) is 0.929. The van der Waals surface area contributed by atoms with Crippen molar-refractivity contribution in [3.05, 3.63) is 0 Å². The van der Waals surface area contributed by atoms with Gasteiger partial charge in [-0.25, -0.2) is 0 Å². The van der Waals surface area contributed by atoms with Crippen LogP contribution in [0.25, 0.3) is 0 Å². The molecule has 0 atom stereocenters. The first kappa shape index (κ1) is 17.9. The zero-order chi connectivity index (χ0) is 13.4. The summed E-state index contributed by atoms with van der Waals surface area (Å²) >= 11 is 0. The first-order valence-electron chi connectivity index (χ1n) is 6.47. The highest BCUT2D eigenvalue weighted by atomic mass is 16.2. The first-order chi connectivity index (χ1) is 7.19. The van der Waals surface area contributed by atoms with Gasteiger partial charge in [0, 0.05) is 12.0 Å². The Labute approximate surface area is 102 Å². The second-order valence-corrected chi connectivity index (χ2v) is 5.88. The van der Waals surface area contributed by atoms with Crippen LogP contribution < -0.4 is 5.32 Å². The van der Waals surface area contributed by atoms with Crippen LogP contribution in [0.1, 0.15) is 68.2 Å². The van der Waals surface area contributed by atoms with Gasteiger partial charge in [0.1, 0.15) is 0 Å². The Morgan fingerprint density at radius 1 is 1.06 bits per heavy atom. The van der Waals surface area contributed by atoms with Crippen molar-refractivity contribution >= 4 is 5.91 Å². The van der Waals surface area contributed by atoms with Crippen LogP contribution in [0.4, 0.5) is 0 Å². The molecule has 0 aliphatic carbocycles.